The average Bonchev–Trinajstić information content (AvgIpc) is 2.90. The maximum absolute atomic E-state index is 5.79. The number of hydrogen-bond acceptors (Lipinski definition) is 4. The van der Waals surface area contributed by atoms with Crippen molar-refractivity contribution in [1.29, 1.82) is 0 Å². The van der Waals surface area contributed by atoms with Crippen LogP contribution in [0.4, 0.5) is 0 Å². The molecule has 2 heterocycles. The first-order valence-electron chi connectivity index (χ1n) is 6.84. The summed E-state index contributed by atoms with van der Waals surface area (Å²) in [5.74, 6) is 0. The van der Waals surface area contributed by atoms with Gasteiger partial charge in [0.25, 0.3) is 0 Å². The van der Waals surface area contributed by atoms with Crippen LogP contribution in [0.2, 0.25) is 0 Å². The van der Waals surface area contributed by atoms with E-state index in [0.717, 1.165) is 31.7 Å². The van der Waals surface area contributed by atoms with Gasteiger partial charge in [0.2, 0.25) is 0 Å². The Hall–Kier alpha value is -1.36. The number of fused-ring (bicyclic) bond motifs is 1. The van der Waals surface area contributed by atoms with E-state index in [9.17, 15) is 0 Å². The van der Waals surface area contributed by atoms with Crippen LogP contribution in [0, 0.1) is 0 Å². The summed E-state index contributed by atoms with van der Waals surface area (Å²) in [4.78, 5) is 0. The van der Waals surface area contributed by atoms with E-state index in [1.165, 1.54) is 10.9 Å². The number of ether oxygens (including phenoxy) is 1. The van der Waals surface area contributed by atoms with E-state index in [0.29, 0.717) is 0 Å². The van der Waals surface area contributed by atoms with Gasteiger partial charge in [-0.3, -0.25) is 0 Å². The molecule has 0 bridgehead atoms. The van der Waals surface area contributed by atoms with Gasteiger partial charge in [-0.25, -0.2) is 0 Å². The molecule has 1 saturated heterocycles. The zero-order chi connectivity index (χ0) is 13.1. The lowest BCUT2D eigenvalue weighted by Crippen LogP contribution is -2.40. The van der Waals surface area contributed by atoms with Gasteiger partial charge in [-0.2, -0.15) is 0 Å². The van der Waals surface area contributed by atoms with Crippen LogP contribution in [-0.2, 0) is 4.74 Å². The van der Waals surface area contributed by atoms with Crippen molar-refractivity contribution in [2.75, 3.05) is 26.7 Å². The fourth-order valence-electron chi connectivity index (χ4n) is 2.70. The Morgan fingerprint density at radius 2 is 2.32 bits per heavy atom. The molecule has 1 aromatic heterocycles. The lowest BCUT2D eigenvalue weighted by atomic mass is 9.99. The summed E-state index contributed by atoms with van der Waals surface area (Å²) in [5, 5.41) is 7.93. The smallest absolute Gasteiger partial charge is 0.134 e. The molecule has 4 heteroatoms. The van der Waals surface area contributed by atoms with Gasteiger partial charge in [-0.15, -0.1) is 0 Å². The summed E-state index contributed by atoms with van der Waals surface area (Å²) in [6.45, 7) is 2.68. The SMILES string of the molecule is CNC(CC1CNCCO1)c1coc2ccccc12. The van der Waals surface area contributed by atoms with Gasteiger partial charge in [0.15, 0.2) is 0 Å². The van der Waals surface area contributed by atoms with Crippen molar-refractivity contribution in [3.05, 3.63) is 36.1 Å². The number of nitrogens with one attached hydrogen (secondary N) is 2. The normalized spacial score (nSPS) is 21.6. The lowest BCUT2D eigenvalue weighted by Gasteiger charge is -2.27. The van der Waals surface area contributed by atoms with Crippen molar-refractivity contribution in [1.82, 2.24) is 10.6 Å². The molecule has 2 N–H and O–H groups in total. The van der Waals surface area contributed by atoms with Crippen molar-refractivity contribution < 1.29 is 9.15 Å². The van der Waals surface area contributed by atoms with Crippen LogP contribution in [0.3, 0.4) is 0 Å². The van der Waals surface area contributed by atoms with Crippen molar-refractivity contribution >= 4 is 11.0 Å². The van der Waals surface area contributed by atoms with Gasteiger partial charge in [0.05, 0.1) is 19.0 Å². The maximum atomic E-state index is 5.79. The Labute approximate surface area is 113 Å². The Morgan fingerprint density at radius 1 is 1.42 bits per heavy atom. The third kappa shape index (κ3) is 2.66. The molecule has 2 unspecified atom stereocenters. The Kier molecular flexibility index (Phi) is 3.82. The largest absolute Gasteiger partial charge is 0.464 e. The third-order valence-electron chi connectivity index (χ3n) is 3.74. The minimum atomic E-state index is 0.258. The molecule has 2 aromatic rings. The van der Waals surface area contributed by atoms with Gasteiger partial charge < -0.3 is 19.8 Å². The Morgan fingerprint density at radius 3 is 3.11 bits per heavy atom. The van der Waals surface area contributed by atoms with Crippen LogP contribution in [0.1, 0.15) is 18.0 Å². The Bertz CT molecular complexity index is 532. The molecule has 1 aliphatic heterocycles. The first-order valence-corrected chi connectivity index (χ1v) is 6.84. The quantitative estimate of drug-likeness (QED) is 0.883. The molecule has 1 fully saturated rings. The second kappa shape index (κ2) is 5.74. The molecular formula is C15H20N2O2. The van der Waals surface area contributed by atoms with Crippen LogP contribution in [0.5, 0.6) is 0 Å². The van der Waals surface area contributed by atoms with Crippen LogP contribution in [0.15, 0.2) is 34.9 Å². The number of hydrogen-bond donors (Lipinski definition) is 2. The molecule has 102 valence electrons. The van der Waals surface area contributed by atoms with Gasteiger partial charge in [0.1, 0.15) is 5.58 Å². The predicted octanol–water partition coefficient (Wildman–Crippen LogP) is 2.07. The number of morpholine rings is 1. The van der Waals surface area contributed by atoms with Crippen molar-refractivity contribution in [3.63, 3.8) is 0 Å². The van der Waals surface area contributed by atoms with Gasteiger partial charge >= 0.3 is 0 Å². The van der Waals surface area contributed by atoms with Gasteiger partial charge in [0, 0.05) is 30.1 Å². The van der Waals surface area contributed by atoms with Crippen LogP contribution in [0.25, 0.3) is 11.0 Å². The first-order chi connectivity index (χ1) is 9.38. The number of para-hydroxylation sites is 1. The molecular weight excluding hydrogens is 240 g/mol. The molecule has 0 saturated carbocycles. The van der Waals surface area contributed by atoms with Gasteiger partial charge in [-0.1, -0.05) is 18.2 Å². The molecule has 3 rings (SSSR count). The fourth-order valence-corrected chi connectivity index (χ4v) is 2.70. The molecule has 0 amide bonds. The van der Waals surface area contributed by atoms with E-state index in [1.807, 2.05) is 31.5 Å². The molecule has 0 spiro atoms. The molecule has 19 heavy (non-hydrogen) atoms. The molecule has 0 radical (unpaired) electrons. The van der Waals surface area contributed by atoms with Crippen LogP contribution in [-0.4, -0.2) is 32.8 Å². The molecule has 0 aliphatic carbocycles. The average molecular weight is 260 g/mol. The van der Waals surface area contributed by atoms with Crippen molar-refractivity contribution in [2.45, 2.75) is 18.6 Å². The number of furan rings is 1. The zero-order valence-electron chi connectivity index (χ0n) is 11.2. The molecule has 2 atom stereocenters. The van der Waals surface area contributed by atoms with Crippen molar-refractivity contribution in [2.24, 2.45) is 0 Å². The fraction of sp³-hybridized carbons (Fsp3) is 0.467. The second-order valence-corrected chi connectivity index (χ2v) is 4.96. The summed E-state index contributed by atoms with van der Waals surface area (Å²) < 4.78 is 11.4. The summed E-state index contributed by atoms with van der Waals surface area (Å²) in [5.41, 5.74) is 2.16. The summed E-state index contributed by atoms with van der Waals surface area (Å²) >= 11 is 0. The van der Waals surface area contributed by atoms with Crippen LogP contribution < -0.4 is 10.6 Å². The van der Waals surface area contributed by atoms with E-state index in [2.05, 4.69) is 16.7 Å². The zero-order valence-corrected chi connectivity index (χ0v) is 11.2. The van der Waals surface area contributed by atoms with Crippen molar-refractivity contribution in [3.8, 4) is 0 Å². The predicted molar refractivity (Wildman–Crippen MR) is 75.2 cm³/mol. The lowest BCUT2D eigenvalue weighted by molar-refractivity contribution is 0.0176. The van der Waals surface area contributed by atoms with E-state index in [4.69, 9.17) is 9.15 Å². The summed E-state index contributed by atoms with van der Waals surface area (Å²) in [6, 6.07) is 8.42. The molecule has 4 nitrogen and oxygen atoms in total. The topological polar surface area (TPSA) is 46.4 Å². The summed E-state index contributed by atoms with van der Waals surface area (Å²) in [6.07, 6.45) is 3.08. The highest BCUT2D eigenvalue weighted by molar-refractivity contribution is 5.81. The number of rotatable bonds is 4. The molecule has 1 aliphatic rings. The highest BCUT2D eigenvalue weighted by atomic mass is 16.5. The minimum Gasteiger partial charge on any atom is -0.464 e. The van der Waals surface area contributed by atoms with E-state index in [1.54, 1.807) is 0 Å². The monoisotopic (exact) mass is 260 g/mol. The third-order valence-corrected chi connectivity index (χ3v) is 3.74. The van der Waals surface area contributed by atoms with E-state index in [-0.39, 0.29) is 12.1 Å². The Balaban J connectivity index is 1.81. The van der Waals surface area contributed by atoms with E-state index >= 15 is 0 Å². The standard InChI is InChI=1S/C15H20N2O2/c1-16-14(8-11-9-17-6-7-18-11)13-10-19-15-5-3-2-4-12(13)15/h2-5,10-11,14,16-17H,6-9H2,1H3. The first kappa shape index (κ1) is 12.7. The maximum Gasteiger partial charge on any atom is 0.134 e. The van der Waals surface area contributed by atoms with Crippen LogP contribution >= 0.6 is 0 Å². The minimum absolute atomic E-state index is 0.258. The highest BCUT2D eigenvalue weighted by Crippen LogP contribution is 2.29. The molecule has 1 aromatic carbocycles. The van der Waals surface area contributed by atoms with Gasteiger partial charge in [-0.05, 0) is 19.5 Å². The van der Waals surface area contributed by atoms with E-state index < -0.39 is 0 Å². The summed E-state index contributed by atoms with van der Waals surface area (Å²) in [7, 11) is 1.99. The number of benzene rings is 1. The highest BCUT2D eigenvalue weighted by Gasteiger charge is 2.22. The second-order valence-electron chi connectivity index (χ2n) is 4.96.